The van der Waals surface area contributed by atoms with Crippen molar-refractivity contribution < 1.29 is 14.7 Å². The van der Waals surface area contributed by atoms with Gasteiger partial charge in [0, 0.05) is 23.1 Å². The lowest BCUT2D eigenvalue weighted by atomic mass is 9.96. The largest absolute Gasteiger partial charge is 0.503 e. The van der Waals surface area contributed by atoms with Crippen molar-refractivity contribution in [2.75, 3.05) is 4.90 Å². The summed E-state index contributed by atoms with van der Waals surface area (Å²) < 4.78 is 0. The number of nitrogens with zero attached hydrogens (tertiary/aromatic N) is 2. The minimum Gasteiger partial charge on any atom is -0.503 e. The summed E-state index contributed by atoms with van der Waals surface area (Å²) in [6.07, 6.45) is 3.17. The lowest BCUT2D eigenvalue weighted by Crippen LogP contribution is -2.31. The summed E-state index contributed by atoms with van der Waals surface area (Å²) in [6.45, 7) is 0. The molecule has 0 bridgehead atoms. The van der Waals surface area contributed by atoms with Gasteiger partial charge in [-0.3, -0.25) is 19.5 Å². The fraction of sp³-hybridized carbons (Fsp3) is 0.0500. The average Bonchev–Trinajstić information content (AvgIpc) is 3.31. The van der Waals surface area contributed by atoms with Gasteiger partial charge in [0.2, 0.25) is 5.78 Å². The van der Waals surface area contributed by atoms with Crippen LogP contribution < -0.4 is 4.90 Å². The summed E-state index contributed by atoms with van der Waals surface area (Å²) in [5.74, 6) is -1.53. The van der Waals surface area contributed by atoms with Gasteiger partial charge in [0.05, 0.1) is 16.5 Å². The van der Waals surface area contributed by atoms with Crippen LogP contribution in [0.3, 0.4) is 0 Å². The molecule has 1 atom stereocenters. The number of Topliss-reactive ketones (excluding diaryl/α,β-unsaturated/α-hetero) is 1. The van der Waals surface area contributed by atoms with Crippen molar-refractivity contribution in [1.29, 1.82) is 0 Å². The van der Waals surface area contributed by atoms with Gasteiger partial charge in [0.25, 0.3) is 5.91 Å². The number of aliphatic hydroxyl groups is 1. The molecule has 27 heavy (non-hydrogen) atoms. The standard InChI is InChI=1S/C20H13ClN2O3S/c21-13-3-5-14(6-4-13)23-17(12-7-9-22-10-8-12)16(19(25)20(23)26)18(24)15-2-1-11-27-15/h1-11,17,25H. The van der Waals surface area contributed by atoms with E-state index >= 15 is 0 Å². The first kappa shape index (κ1) is 17.5. The van der Waals surface area contributed by atoms with E-state index in [0.29, 0.717) is 21.2 Å². The van der Waals surface area contributed by atoms with Gasteiger partial charge in [-0.15, -0.1) is 11.3 Å². The second-order valence-electron chi connectivity index (χ2n) is 5.90. The molecule has 1 unspecified atom stereocenters. The highest BCUT2D eigenvalue weighted by atomic mass is 35.5. The number of rotatable bonds is 4. The van der Waals surface area contributed by atoms with Crippen LogP contribution in [0.25, 0.3) is 0 Å². The number of thiophene rings is 1. The highest BCUT2D eigenvalue weighted by molar-refractivity contribution is 7.12. The summed E-state index contributed by atoms with van der Waals surface area (Å²) in [5.41, 5.74) is 1.27. The topological polar surface area (TPSA) is 70.5 Å². The summed E-state index contributed by atoms with van der Waals surface area (Å²) in [7, 11) is 0. The van der Waals surface area contributed by atoms with Gasteiger partial charge in [-0.05, 0) is 53.4 Å². The molecular formula is C20H13ClN2O3S. The van der Waals surface area contributed by atoms with Crippen LogP contribution in [0.4, 0.5) is 5.69 Å². The number of aliphatic hydroxyl groups excluding tert-OH is 1. The summed E-state index contributed by atoms with van der Waals surface area (Å²) in [6, 6.07) is 12.8. The maximum absolute atomic E-state index is 13.1. The molecule has 0 fully saturated rings. The summed E-state index contributed by atoms with van der Waals surface area (Å²) >= 11 is 7.22. The predicted octanol–water partition coefficient (Wildman–Crippen LogP) is 4.58. The zero-order valence-corrected chi connectivity index (χ0v) is 15.4. The van der Waals surface area contributed by atoms with Gasteiger partial charge in [0.15, 0.2) is 5.76 Å². The molecule has 3 aromatic rings. The van der Waals surface area contributed by atoms with E-state index in [1.165, 1.54) is 16.2 Å². The van der Waals surface area contributed by atoms with Gasteiger partial charge < -0.3 is 5.11 Å². The minimum atomic E-state index is -0.753. The molecule has 0 saturated heterocycles. The van der Waals surface area contributed by atoms with E-state index in [4.69, 9.17) is 11.6 Å². The van der Waals surface area contributed by atoms with E-state index in [-0.39, 0.29) is 11.4 Å². The number of benzene rings is 1. The summed E-state index contributed by atoms with van der Waals surface area (Å²) in [5, 5.41) is 12.9. The van der Waals surface area contributed by atoms with Crippen molar-refractivity contribution in [3.8, 4) is 0 Å². The van der Waals surface area contributed by atoms with E-state index < -0.39 is 17.7 Å². The molecule has 5 nitrogen and oxygen atoms in total. The zero-order chi connectivity index (χ0) is 19.0. The lowest BCUT2D eigenvalue weighted by Gasteiger charge is -2.26. The fourth-order valence-electron chi connectivity index (χ4n) is 3.11. The molecule has 1 aliphatic heterocycles. The number of pyridine rings is 1. The fourth-order valence-corrected chi connectivity index (χ4v) is 3.91. The van der Waals surface area contributed by atoms with Crippen molar-refractivity contribution in [3.05, 3.63) is 93.1 Å². The number of carbonyl (C=O) groups excluding carboxylic acids is 2. The molecule has 1 amide bonds. The Morgan fingerprint density at radius 2 is 1.81 bits per heavy atom. The van der Waals surface area contributed by atoms with Crippen LogP contribution in [0.15, 0.2) is 77.6 Å². The van der Waals surface area contributed by atoms with Gasteiger partial charge in [-0.2, -0.15) is 0 Å². The van der Waals surface area contributed by atoms with Crippen LogP contribution in [0.1, 0.15) is 21.3 Å². The number of hydrogen-bond donors (Lipinski definition) is 1. The highest BCUT2D eigenvalue weighted by Gasteiger charge is 2.44. The maximum atomic E-state index is 13.1. The highest BCUT2D eigenvalue weighted by Crippen LogP contribution is 2.42. The molecule has 4 rings (SSSR count). The molecule has 1 N–H and O–H groups in total. The third-order valence-electron chi connectivity index (χ3n) is 4.32. The lowest BCUT2D eigenvalue weighted by molar-refractivity contribution is -0.117. The Hall–Kier alpha value is -2.96. The Balaban J connectivity index is 1.87. The first-order chi connectivity index (χ1) is 13.1. The van der Waals surface area contributed by atoms with Gasteiger partial charge in [-0.25, -0.2) is 0 Å². The van der Waals surface area contributed by atoms with Crippen molar-refractivity contribution in [2.24, 2.45) is 0 Å². The number of anilines is 1. The number of amides is 1. The maximum Gasteiger partial charge on any atom is 0.294 e. The minimum absolute atomic E-state index is 0.0589. The Morgan fingerprint density at radius 1 is 1.11 bits per heavy atom. The second-order valence-corrected chi connectivity index (χ2v) is 7.29. The van der Waals surface area contributed by atoms with E-state index in [0.717, 1.165) is 0 Å². The number of carbonyl (C=O) groups is 2. The average molecular weight is 397 g/mol. The Kier molecular flexibility index (Phi) is 4.51. The van der Waals surface area contributed by atoms with Gasteiger partial charge in [-0.1, -0.05) is 17.7 Å². The molecule has 0 spiro atoms. The van der Waals surface area contributed by atoms with Crippen LogP contribution in [0.2, 0.25) is 5.02 Å². The van der Waals surface area contributed by atoms with Crippen molar-refractivity contribution in [1.82, 2.24) is 4.98 Å². The Bertz CT molecular complexity index is 1030. The van der Waals surface area contributed by atoms with Crippen molar-refractivity contribution in [3.63, 3.8) is 0 Å². The predicted molar refractivity (Wildman–Crippen MR) is 104 cm³/mol. The molecule has 7 heteroatoms. The van der Waals surface area contributed by atoms with E-state index in [2.05, 4.69) is 4.98 Å². The molecule has 2 aromatic heterocycles. The SMILES string of the molecule is O=C(C1=C(O)C(=O)N(c2ccc(Cl)cc2)C1c1ccncc1)c1cccs1. The smallest absolute Gasteiger partial charge is 0.294 e. The molecule has 0 radical (unpaired) electrons. The van der Waals surface area contributed by atoms with Crippen LogP contribution in [0.5, 0.6) is 0 Å². The van der Waals surface area contributed by atoms with E-state index in [9.17, 15) is 14.7 Å². The third kappa shape index (κ3) is 3.03. The molecule has 1 aromatic carbocycles. The molecule has 0 aliphatic carbocycles. The number of hydrogen-bond acceptors (Lipinski definition) is 5. The van der Waals surface area contributed by atoms with Crippen LogP contribution in [0, 0.1) is 0 Å². The van der Waals surface area contributed by atoms with E-state index in [1.54, 1.807) is 66.3 Å². The number of ketones is 1. The van der Waals surface area contributed by atoms with Crippen molar-refractivity contribution >= 4 is 40.3 Å². The second kappa shape index (κ2) is 6.98. The normalized spacial score (nSPS) is 16.9. The monoisotopic (exact) mass is 396 g/mol. The van der Waals surface area contributed by atoms with Crippen LogP contribution in [-0.4, -0.2) is 21.8 Å². The zero-order valence-electron chi connectivity index (χ0n) is 13.9. The first-order valence-corrected chi connectivity index (χ1v) is 9.34. The molecule has 0 saturated carbocycles. The molecule has 3 heterocycles. The molecular weight excluding hydrogens is 384 g/mol. The van der Waals surface area contributed by atoms with E-state index in [1.807, 2.05) is 0 Å². The third-order valence-corrected chi connectivity index (χ3v) is 5.44. The van der Waals surface area contributed by atoms with Crippen LogP contribution in [-0.2, 0) is 4.79 Å². The van der Waals surface area contributed by atoms with Crippen LogP contribution >= 0.6 is 22.9 Å². The summed E-state index contributed by atoms with van der Waals surface area (Å²) in [4.78, 5) is 31.8. The Labute approximate surface area is 164 Å². The number of halogens is 1. The number of aromatic nitrogens is 1. The first-order valence-electron chi connectivity index (χ1n) is 8.08. The molecule has 134 valence electrons. The quantitative estimate of drug-likeness (QED) is 0.655. The van der Waals surface area contributed by atoms with Gasteiger partial charge in [0.1, 0.15) is 0 Å². The van der Waals surface area contributed by atoms with Gasteiger partial charge >= 0.3 is 0 Å². The molecule has 1 aliphatic rings. The van der Waals surface area contributed by atoms with Crippen molar-refractivity contribution in [2.45, 2.75) is 6.04 Å². The Morgan fingerprint density at radius 3 is 2.44 bits per heavy atom.